The summed E-state index contributed by atoms with van der Waals surface area (Å²) in [6.07, 6.45) is 14.4. The second-order valence-corrected chi connectivity index (χ2v) is 3.12. The molecule has 2 nitrogen and oxygen atoms in total. The van der Waals surface area contributed by atoms with E-state index in [4.69, 9.17) is 0 Å². The predicted octanol–water partition coefficient (Wildman–Crippen LogP) is 1.51. The Bertz CT molecular complexity index is 383. The first-order valence-corrected chi connectivity index (χ1v) is 4.01. The minimum Gasteiger partial charge on any atom is -0.349 e. The first kappa shape index (κ1) is 6.00. The molecule has 1 atom stereocenters. The van der Waals surface area contributed by atoms with E-state index in [1.54, 1.807) is 0 Å². The van der Waals surface area contributed by atoms with Gasteiger partial charge in [0.2, 0.25) is 0 Å². The Kier molecular flexibility index (Phi) is 0.888. The molecule has 0 radical (unpaired) electrons. The summed E-state index contributed by atoms with van der Waals surface area (Å²) >= 11 is 0. The van der Waals surface area contributed by atoms with Crippen molar-refractivity contribution in [1.82, 2.24) is 5.32 Å². The average molecular weight is 156 g/mol. The summed E-state index contributed by atoms with van der Waals surface area (Å²) in [5.41, 5.74) is 1.23. The Morgan fingerprint density at radius 1 is 1.25 bits per heavy atom. The van der Waals surface area contributed by atoms with Crippen LogP contribution in [0.3, 0.4) is 0 Å². The number of aliphatic imine (C=N–C) groups is 1. The smallest absolute Gasteiger partial charge is 0.124 e. The predicted molar refractivity (Wildman–Crippen MR) is 48.5 cm³/mol. The van der Waals surface area contributed by atoms with Crippen molar-refractivity contribution < 1.29 is 0 Å². The molecule has 3 aliphatic rings. The molecule has 1 unspecified atom stereocenters. The van der Waals surface area contributed by atoms with Crippen LogP contribution in [0, 0.1) is 5.41 Å². The van der Waals surface area contributed by atoms with Crippen molar-refractivity contribution in [1.29, 1.82) is 0 Å². The Labute approximate surface area is 70.7 Å². The topological polar surface area (TPSA) is 24.4 Å². The lowest BCUT2D eigenvalue weighted by molar-refractivity contribution is 0.854. The lowest BCUT2D eigenvalue weighted by atomic mass is 9.79. The third-order valence-corrected chi connectivity index (χ3v) is 2.52. The number of nitrogens with one attached hydrogen (secondary N) is 1. The van der Waals surface area contributed by atoms with Gasteiger partial charge in [-0.15, -0.1) is 0 Å². The molecule has 0 aromatic rings. The molecule has 0 saturated carbocycles. The Morgan fingerprint density at radius 2 is 2.25 bits per heavy atom. The Morgan fingerprint density at radius 3 is 3.25 bits per heavy atom. The number of allylic oxidation sites excluding steroid dienone is 3. The van der Waals surface area contributed by atoms with E-state index in [0.29, 0.717) is 0 Å². The van der Waals surface area contributed by atoms with Crippen molar-refractivity contribution in [3.05, 3.63) is 48.4 Å². The van der Waals surface area contributed by atoms with Crippen LogP contribution in [0.2, 0.25) is 0 Å². The van der Waals surface area contributed by atoms with Crippen molar-refractivity contribution in [2.75, 3.05) is 0 Å². The molecule has 2 heteroatoms. The fraction of sp³-hybridized carbons (Fsp3) is 0.100. The Balaban J connectivity index is 2.26. The zero-order valence-electron chi connectivity index (χ0n) is 6.49. The third kappa shape index (κ3) is 0.503. The van der Waals surface area contributed by atoms with E-state index in [-0.39, 0.29) is 5.41 Å². The summed E-state index contributed by atoms with van der Waals surface area (Å²) < 4.78 is 0. The maximum Gasteiger partial charge on any atom is 0.124 e. The molecule has 58 valence electrons. The normalized spacial score (nSPS) is 34.0. The fourth-order valence-electron chi connectivity index (χ4n) is 1.85. The Hall–Kier alpha value is -1.57. The van der Waals surface area contributed by atoms with E-state index in [1.807, 2.05) is 18.5 Å². The summed E-state index contributed by atoms with van der Waals surface area (Å²) in [5.74, 6) is 1.03. The van der Waals surface area contributed by atoms with Gasteiger partial charge in [-0.05, 0) is 11.6 Å². The molecular weight excluding hydrogens is 148 g/mol. The van der Waals surface area contributed by atoms with Gasteiger partial charge in [-0.1, -0.05) is 24.3 Å². The van der Waals surface area contributed by atoms with Crippen molar-refractivity contribution in [2.24, 2.45) is 10.4 Å². The van der Waals surface area contributed by atoms with E-state index >= 15 is 0 Å². The minimum absolute atomic E-state index is 0.0469. The van der Waals surface area contributed by atoms with Crippen molar-refractivity contribution >= 4 is 5.84 Å². The molecule has 0 amide bonds. The summed E-state index contributed by atoms with van der Waals surface area (Å²) in [7, 11) is 0. The molecule has 2 heterocycles. The highest BCUT2D eigenvalue weighted by atomic mass is 15.0. The molecule has 0 fully saturated rings. The summed E-state index contributed by atoms with van der Waals surface area (Å²) in [4.78, 5) is 4.26. The summed E-state index contributed by atoms with van der Waals surface area (Å²) in [6, 6.07) is 0. The summed E-state index contributed by atoms with van der Waals surface area (Å²) in [6.45, 7) is 0. The van der Waals surface area contributed by atoms with Crippen molar-refractivity contribution in [3.63, 3.8) is 0 Å². The van der Waals surface area contributed by atoms with Gasteiger partial charge in [-0.25, -0.2) is 4.99 Å². The maximum atomic E-state index is 4.26. The van der Waals surface area contributed by atoms with Gasteiger partial charge in [-0.3, -0.25) is 0 Å². The highest BCUT2D eigenvalue weighted by Crippen LogP contribution is 2.41. The number of rotatable bonds is 0. The van der Waals surface area contributed by atoms with Gasteiger partial charge in [-0.2, -0.15) is 0 Å². The lowest BCUT2D eigenvalue weighted by Crippen LogP contribution is -2.28. The molecular formula is C10H8N2. The SMILES string of the molecule is C1=CC2=CNC3=NC=CC23C=C1. The van der Waals surface area contributed by atoms with E-state index in [0.717, 1.165) is 5.84 Å². The fourth-order valence-corrected chi connectivity index (χ4v) is 1.85. The van der Waals surface area contributed by atoms with Crippen LogP contribution in [-0.2, 0) is 0 Å². The van der Waals surface area contributed by atoms with Crippen molar-refractivity contribution in [2.45, 2.75) is 0 Å². The van der Waals surface area contributed by atoms with Gasteiger partial charge in [0, 0.05) is 12.4 Å². The van der Waals surface area contributed by atoms with Crippen molar-refractivity contribution in [3.8, 4) is 0 Å². The highest BCUT2D eigenvalue weighted by Gasteiger charge is 2.40. The number of hydrogen-bond acceptors (Lipinski definition) is 2. The van der Waals surface area contributed by atoms with Gasteiger partial charge < -0.3 is 5.32 Å². The second-order valence-electron chi connectivity index (χ2n) is 3.12. The van der Waals surface area contributed by atoms with Crippen LogP contribution in [0.1, 0.15) is 0 Å². The largest absolute Gasteiger partial charge is 0.349 e. The van der Waals surface area contributed by atoms with Crippen LogP contribution in [0.5, 0.6) is 0 Å². The first-order chi connectivity index (χ1) is 5.92. The van der Waals surface area contributed by atoms with Crippen LogP contribution in [0.4, 0.5) is 0 Å². The molecule has 0 aromatic heterocycles. The molecule has 0 bridgehead atoms. The van der Waals surface area contributed by atoms with Crippen LogP contribution in [0.25, 0.3) is 0 Å². The molecule has 0 saturated heterocycles. The number of amidine groups is 1. The van der Waals surface area contributed by atoms with Gasteiger partial charge in [0.1, 0.15) is 5.84 Å². The van der Waals surface area contributed by atoms with Gasteiger partial charge in [0.05, 0.1) is 5.41 Å². The lowest BCUT2D eigenvalue weighted by Gasteiger charge is -2.22. The van der Waals surface area contributed by atoms with Crippen LogP contribution in [0.15, 0.2) is 53.3 Å². The van der Waals surface area contributed by atoms with Gasteiger partial charge in [0.15, 0.2) is 0 Å². The van der Waals surface area contributed by atoms with E-state index in [1.165, 1.54) is 5.57 Å². The average Bonchev–Trinajstić information content (AvgIpc) is 2.59. The van der Waals surface area contributed by atoms with Crippen LogP contribution < -0.4 is 5.32 Å². The zero-order chi connectivity index (χ0) is 8.02. The van der Waals surface area contributed by atoms with Gasteiger partial charge >= 0.3 is 0 Å². The molecule has 1 spiro atoms. The highest BCUT2D eigenvalue weighted by molar-refractivity contribution is 6.01. The third-order valence-electron chi connectivity index (χ3n) is 2.52. The zero-order valence-corrected chi connectivity index (χ0v) is 6.49. The molecule has 3 rings (SSSR count). The second kappa shape index (κ2) is 1.78. The number of hydrogen-bond donors (Lipinski definition) is 1. The molecule has 1 N–H and O–H groups in total. The van der Waals surface area contributed by atoms with E-state index in [9.17, 15) is 0 Å². The minimum atomic E-state index is -0.0469. The molecule has 12 heavy (non-hydrogen) atoms. The summed E-state index contributed by atoms with van der Waals surface area (Å²) in [5, 5.41) is 3.17. The standard InChI is InChI=1S/C10H8N2/c1-2-4-10-5-6-11-9(10)12-7-8(10)3-1/h1-7H,(H,11,12). The molecule has 1 aliphatic carbocycles. The first-order valence-electron chi connectivity index (χ1n) is 4.01. The molecule has 0 aromatic carbocycles. The van der Waals surface area contributed by atoms with Crippen LogP contribution >= 0.6 is 0 Å². The van der Waals surface area contributed by atoms with E-state index < -0.39 is 0 Å². The van der Waals surface area contributed by atoms with Crippen LogP contribution in [-0.4, -0.2) is 5.84 Å². The van der Waals surface area contributed by atoms with E-state index in [2.05, 4.69) is 34.6 Å². The maximum absolute atomic E-state index is 4.26. The number of nitrogens with zero attached hydrogens (tertiary/aromatic N) is 1. The quantitative estimate of drug-likeness (QED) is 0.565. The molecule has 2 aliphatic heterocycles. The van der Waals surface area contributed by atoms with Gasteiger partial charge in [0.25, 0.3) is 0 Å². The monoisotopic (exact) mass is 156 g/mol.